The zero-order valence-corrected chi connectivity index (χ0v) is 15.6. The lowest BCUT2D eigenvalue weighted by Gasteiger charge is -2.12. The number of benzene rings is 2. The third-order valence-electron chi connectivity index (χ3n) is 3.61. The van der Waals surface area contributed by atoms with Gasteiger partial charge in [-0.3, -0.25) is 10.1 Å². The third-order valence-corrected chi connectivity index (χ3v) is 3.61. The fraction of sp³-hybridized carbons (Fsp3) is 0.158. The largest absolute Gasteiger partial charge is 0.503 e. The maximum absolute atomic E-state index is 12.0. The van der Waals surface area contributed by atoms with Crippen LogP contribution in [0.2, 0.25) is 0 Å². The molecule has 2 rings (SSSR count). The first kappa shape index (κ1) is 21.2. The number of hydrogen-bond acceptors (Lipinski definition) is 8. The third kappa shape index (κ3) is 5.96. The number of nitrogens with zero attached hydrogens (tertiary/aromatic N) is 1. The molecule has 0 bridgehead atoms. The van der Waals surface area contributed by atoms with Gasteiger partial charge < -0.3 is 19.0 Å². The summed E-state index contributed by atoms with van der Waals surface area (Å²) < 4.78 is 14.8. The van der Waals surface area contributed by atoms with Crippen molar-refractivity contribution in [3.8, 4) is 5.75 Å². The number of non-ortho nitro benzene ring substituents is 1. The molecular formula is C19H18N2O8. The van der Waals surface area contributed by atoms with E-state index in [-0.39, 0.29) is 23.6 Å². The molecule has 0 saturated heterocycles. The van der Waals surface area contributed by atoms with Crippen LogP contribution >= 0.6 is 0 Å². The maximum atomic E-state index is 12.0. The van der Waals surface area contributed by atoms with Crippen molar-refractivity contribution in [3.05, 3.63) is 76.0 Å². The smallest absolute Gasteiger partial charge is 0.440 e. The van der Waals surface area contributed by atoms with Crippen LogP contribution in [0.4, 0.5) is 10.5 Å². The molecule has 0 unspecified atom stereocenters. The van der Waals surface area contributed by atoms with Gasteiger partial charge in [-0.1, -0.05) is 24.3 Å². The Labute approximate surface area is 165 Å². The first-order chi connectivity index (χ1) is 14.0. The zero-order chi connectivity index (χ0) is 21.2. The van der Waals surface area contributed by atoms with E-state index in [0.29, 0.717) is 11.1 Å². The lowest BCUT2D eigenvalue weighted by atomic mass is 10.0. The van der Waals surface area contributed by atoms with Crippen molar-refractivity contribution in [1.29, 1.82) is 0 Å². The van der Waals surface area contributed by atoms with E-state index in [1.54, 1.807) is 24.3 Å². The van der Waals surface area contributed by atoms with E-state index in [1.165, 1.54) is 44.7 Å². The molecule has 0 heterocycles. The van der Waals surface area contributed by atoms with Gasteiger partial charge in [-0.15, -0.1) is 0 Å². The van der Waals surface area contributed by atoms with Crippen LogP contribution in [-0.4, -0.2) is 31.2 Å². The highest BCUT2D eigenvalue weighted by molar-refractivity contribution is 6.16. The van der Waals surface area contributed by atoms with Crippen molar-refractivity contribution in [3.63, 3.8) is 0 Å². The van der Waals surface area contributed by atoms with Crippen molar-refractivity contribution in [2.75, 3.05) is 14.2 Å². The number of amides is 1. The van der Waals surface area contributed by atoms with Crippen molar-refractivity contribution in [2.45, 2.75) is 6.61 Å². The number of carbonyl (C=O) groups is 2. The number of hydroxylamine groups is 1. The highest BCUT2D eigenvalue weighted by Gasteiger charge is 2.17. The molecule has 10 nitrogen and oxygen atoms in total. The van der Waals surface area contributed by atoms with E-state index >= 15 is 0 Å². The molecule has 29 heavy (non-hydrogen) atoms. The predicted octanol–water partition coefficient (Wildman–Crippen LogP) is 2.98. The minimum absolute atomic E-state index is 0.109. The van der Waals surface area contributed by atoms with Crippen molar-refractivity contribution in [1.82, 2.24) is 5.48 Å². The van der Waals surface area contributed by atoms with Crippen LogP contribution in [0.25, 0.3) is 5.57 Å². The highest BCUT2D eigenvalue weighted by Crippen LogP contribution is 2.22. The number of nitro benzene ring substituents is 1. The Morgan fingerprint density at radius 2 is 1.79 bits per heavy atom. The standard InChI is InChI=1S/C19H18N2O8/c1-26-12-17(18(22)27-2)16-6-4-3-5-13(16)11-28-19(23)20-29-15-9-7-14(8-10-15)21(24)25/h3-10,12H,11H2,1-2H3,(H,20,23). The monoisotopic (exact) mass is 402 g/mol. The second kappa shape index (κ2) is 10.3. The Morgan fingerprint density at radius 3 is 2.41 bits per heavy atom. The quantitative estimate of drug-likeness (QED) is 0.235. The molecule has 0 radical (unpaired) electrons. The summed E-state index contributed by atoms with van der Waals surface area (Å²) in [6.45, 7) is -0.163. The van der Waals surface area contributed by atoms with Crippen LogP contribution in [0.1, 0.15) is 11.1 Å². The molecule has 0 spiro atoms. The maximum Gasteiger partial charge on any atom is 0.440 e. The van der Waals surface area contributed by atoms with Crippen LogP contribution in [0.3, 0.4) is 0 Å². The molecule has 0 saturated carbocycles. The van der Waals surface area contributed by atoms with E-state index < -0.39 is 17.0 Å². The number of nitro groups is 1. The fourth-order valence-corrected chi connectivity index (χ4v) is 2.27. The van der Waals surface area contributed by atoms with Crippen molar-refractivity contribution in [2.24, 2.45) is 0 Å². The molecule has 2 aromatic carbocycles. The highest BCUT2D eigenvalue weighted by atomic mass is 16.7. The predicted molar refractivity (Wildman–Crippen MR) is 100 cm³/mol. The van der Waals surface area contributed by atoms with Gasteiger partial charge in [0.2, 0.25) is 0 Å². The first-order valence-electron chi connectivity index (χ1n) is 8.20. The lowest BCUT2D eigenvalue weighted by Crippen LogP contribution is -2.27. The fourth-order valence-electron chi connectivity index (χ4n) is 2.27. The normalized spacial score (nSPS) is 10.6. The Bertz CT molecular complexity index is 909. The molecular weight excluding hydrogens is 384 g/mol. The van der Waals surface area contributed by atoms with E-state index in [2.05, 4.69) is 5.48 Å². The molecule has 0 aliphatic heterocycles. The summed E-state index contributed by atoms with van der Waals surface area (Å²) in [6, 6.07) is 11.9. The number of ether oxygens (including phenoxy) is 3. The molecule has 0 aromatic heterocycles. The number of nitrogens with one attached hydrogen (secondary N) is 1. The molecule has 0 aliphatic rings. The molecule has 1 amide bonds. The second-order valence-corrected chi connectivity index (χ2v) is 5.45. The van der Waals surface area contributed by atoms with Gasteiger partial charge in [0.1, 0.15) is 12.2 Å². The zero-order valence-electron chi connectivity index (χ0n) is 15.6. The first-order valence-corrected chi connectivity index (χ1v) is 8.20. The van der Waals surface area contributed by atoms with E-state index in [1.807, 2.05) is 0 Å². The minimum atomic E-state index is -0.895. The second-order valence-electron chi connectivity index (χ2n) is 5.45. The average molecular weight is 402 g/mol. The van der Waals surface area contributed by atoms with Gasteiger partial charge in [0.25, 0.3) is 5.69 Å². The van der Waals surface area contributed by atoms with Gasteiger partial charge in [-0.25, -0.2) is 9.59 Å². The Kier molecular flexibility index (Phi) is 7.54. The van der Waals surface area contributed by atoms with Gasteiger partial charge >= 0.3 is 12.1 Å². The van der Waals surface area contributed by atoms with Gasteiger partial charge in [-0.05, 0) is 23.3 Å². The van der Waals surface area contributed by atoms with Crippen LogP contribution in [0.5, 0.6) is 5.75 Å². The van der Waals surface area contributed by atoms with Gasteiger partial charge in [0, 0.05) is 12.1 Å². The molecule has 0 aliphatic carbocycles. The van der Waals surface area contributed by atoms with Gasteiger partial charge in [-0.2, -0.15) is 5.48 Å². The topological polar surface area (TPSA) is 126 Å². The minimum Gasteiger partial charge on any atom is -0.503 e. The summed E-state index contributed by atoms with van der Waals surface area (Å²) in [6.07, 6.45) is 0.344. The summed E-state index contributed by atoms with van der Waals surface area (Å²) in [7, 11) is 2.64. The average Bonchev–Trinajstić information content (AvgIpc) is 2.74. The number of carbonyl (C=O) groups excluding carboxylic acids is 2. The number of rotatable bonds is 8. The lowest BCUT2D eigenvalue weighted by molar-refractivity contribution is -0.384. The number of esters is 1. The summed E-state index contributed by atoms with van der Waals surface area (Å²) in [4.78, 5) is 38.9. The van der Waals surface area contributed by atoms with Crippen LogP contribution < -0.4 is 10.3 Å². The SMILES string of the molecule is COC=C(C(=O)OC)c1ccccc1COC(=O)NOc1ccc([N+](=O)[O-])cc1. The van der Waals surface area contributed by atoms with E-state index in [9.17, 15) is 19.7 Å². The van der Waals surface area contributed by atoms with Crippen molar-refractivity contribution >= 4 is 23.3 Å². The summed E-state index contributed by atoms with van der Waals surface area (Å²) in [5.41, 5.74) is 3.13. The van der Waals surface area contributed by atoms with E-state index in [0.717, 1.165) is 0 Å². The number of methoxy groups -OCH3 is 2. The van der Waals surface area contributed by atoms with Crippen LogP contribution in [-0.2, 0) is 25.6 Å². The molecule has 152 valence electrons. The molecule has 0 fully saturated rings. The summed E-state index contributed by atoms with van der Waals surface area (Å²) >= 11 is 0. The molecule has 2 aromatic rings. The Balaban J connectivity index is 1.99. The summed E-state index contributed by atoms with van der Waals surface area (Å²) in [5, 5.41) is 10.6. The molecule has 0 atom stereocenters. The van der Waals surface area contributed by atoms with Crippen LogP contribution in [0, 0.1) is 10.1 Å². The van der Waals surface area contributed by atoms with Crippen molar-refractivity contribution < 1.29 is 33.6 Å². The Hall–Kier alpha value is -4.08. The van der Waals surface area contributed by atoms with E-state index in [4.69, 9.17) is 19.0 Å². The molecule has 1 N–H and O–H groups in total. The Morgan fingerprint density at radius 1 is 1.10 bits per heavy atom. The van der Waals surface area contributed by atoms with Gasteiger partial charge in [0.15, 0.2) is 5.75 Å². The van der Waals surface area contributed by atoms with Gasteiger partial charge in [0.05, 0.1) is 25.4 Å². The number of hydrogen-bond donors (Lipinski definition) is 1. The molecule has 10 heteroatoms. The summed E-state index contributed by atoms with van der Waals surface area (Å²) in [5.74, 6) is -0.422. The van der Waals surface area contributed by atoms with Crippen LogP contribution in [0.15, 0.2) is 54.8 Å².